The monoisotopic (exact) mass is 1130 g/mol. The minimum absolute atomic E-state index is 0.779. The van der Waals surface area contributed by atoms with Crippen molar-refractivity contribution in [1.82, 2.24) is 0 Å². The molecule has 2 aliphatic rings. The first-order valence-electron chi connectivity index (χ1n) is 37.7. The van der Waals surface area contributed by atoms with Crippen LogP contribution < -0.4 is 0 Å². The fourth-order valence-electron chi connectivity index (χ4n) is 11.3. The lowest BCUT2D eigenvalue weighted by molar-refractivity contribution is 0.226. The molecule has 0 radical (unpaired) electrons. The summed E-state index contributed by atoms with van der Waals surface area (Å²) in [6.07, 6.45) is 66.7. The summed E-state index contributed by atoms with van der Waals surface area (Å²) in [5.41, 5.74) is 2.96. The maximum atomic E-state index is 2.38. The van der Waals surface area contributed by atoms with E-state index >= 15 is 0 Å². The zero-order valence-corrected chi connectivity index (χ0v) is 59.9. The lowest BCUT2D eigenvalue weighted by Gasteiger charge is -2.29. The third-order valence-electron chi connectivity index (χ3n) is 17.0. The van der Waals surface area contributed by atoms with E-state index in [4.69, 9.17) is 0 Å². The highest BCUT2D eigenvalue weighted by Crippen LogP contribution is 2.34. The summed E-state index contributed by atoms with van der Waals surface area (Å²) in [6.45, 7) is 38.4. The van der Waals surface area contributed by atoms with E-state index < -0.39 is 0 Å². The largest absolute Gasteiger partial charge is 0.0654 e. The van der Waals surface area contributed by atoms with Gasteiger partial charge in [-0.25, -0.2) is 0 Å². The number of rotatable bonds is 35. The SMILES string of the molecule is CCCC.CCCC.CCCC1CCCCC1.CCCCC.CCCCC(CC)C1CCCCC1.CCCCC(CC)c1ccccc1.CCCCCC(CCC)CCC.CCCCCCCCCCCC.CCCc1ccccc1. The maximum absolute atomic E-state index is 2.38. The van der Waals surface area contributed by atoms with Crippen molar-refractivity contribution in [2.24, 2.45) is 23.7 Å². The normalized spacial score (nSPS) is 13.5. The molecular weight excluding hydrogens is 973 g/mol. The van der Waals surface area contributed by atoms with E-state index in [0.29, 0.717) is 0 Å². The molecule has 0 nitrogen and oxygen atoms in total. The lowest BCUT2D eigenvalue weighted by atomic mass is 9.77. The summed E-state index contributed by atoms with van der Waals surface area (Å²) in [6, 6.07) is 21.5. The van der Waals surface area contributed by atoms with E-state index in [1.165, 1.54) is 313 Å². The Morgan fingerprint density at radius 2 is 0.716 bits per heavy atom. The predicted molar refractivity (Wildman–Crippen MR) is 382 cm³/mol. The van der Waals surface area contributed by atoms with E-state index in [9.17, 15) is 0 Å². The van der Waals surface area contributed by atoms with Crippen molar-refractivity contribution in [3.05, 3.63) is 71.8 Å². The zero-order chi connectivity index (χ0) is 61.3. The Labute approximate surface area is 518 Å². The Hall–Kier alpha value is -1.56. The van der Waals surface area contributed by atoms with Crippen molar-refractivity contribution in [3.8, 4) is 0 Å². The average Bonchev–Trinajstić information content (AvgIpc) is 3.51. The first-order valence-corrected chi connectivity index (χ1v) is 37.7. The van der Waals surface area contributed by atoms with E-state index in [0.717, 1.165) is 29.6 Å². The Bertz CT molecular complexity index is 1220. The number of hydrogen-bond acceptors (Lipinski definition) is 0. The van der Waals surface area contributed by atoms with Crippen LogP contribution in [0.1, 0.15) is 430 Å². The van der Waals surface area contributed by atoms with Gasteiger partial charge in [-0.15, -0.1) is 0 Å². The summed E-state index contributed by atoms with van der Waals surface area (Å²) in [5, 5.41) is 0. The highest BCUT2D eigenvalue weighted by atomic mass is 14.3. The Balaban J connectivity index is -0.000000274. The Morgan fingerprint density at radius 1 is 0.309 bits per heavy atom. The molecule has 2 aromatic carbocycles. The fraction of sp³-hybridized carbons (Fsp3) is 0.852. The van der Waals surface area contributed by atoms with Crippen molar-refractivity contribution < 1.29 is 0 Å². The minimum atomic E-state index is 0.779. The molecule has 0 heterocycles. The molecule has 2 aromatic rings. The first-order chi connectivity index (χ1) is 39.6. The second-order valence-electron chi connectivity index (χ2n) is 25.0. The van der Waals surface area contributed by atoms with E-state index in [2.05, 4.69) is 178 Å². The smallest absolute Gasteiger partial charge is 0.0165 e. The van der Waals surface area contributed by atoms with Crippen LogP contribution in [0.3, 0.4) is 0 Å². The van der Waals surface area contributed by atoms with Crippen LogP contribution in [0.25, 0.3) is 0 Å². The molecule has 2 unspecified atom stereocenters. The molecule has 0 aromatic heterocycles. The van der Waals surface area contributed by atoms with Gasteiger partial charge in [-0.2, -0.15) is 0 Å². The molecule has 0 heteroatoms. The first kappa shape index (κ1) is 88.2. The minimum Gasteiger partial charge on any atom is -0.0654 e. The topological polar surface area (TPSA) is 0 Å². The third kappa shape index (κ3) is 70.8. The Kier molecular flexibility index (Phi) is 87.7. The van der Waals surface area contributed by atoms with Gasteiger partial charge in [0.15, 0.2) is 0 Å². The number of hydrogen-bond donors (Lipinski definition) is 0. The van der Waals surface area contributed by atoms with Gasteiger partial charge in [0.2, 0.25) is 0 Å². The van der Waals surface area contributed by atoms with Crippen LogP contribution in [0, 0.1) is 23.7 Å². The van der Waals surface area contributed by atoms with Gasteiger partial charge in [-0.05, 0) is 60.0 Å². The molecule has 0 aliphatic heterocycles. The fourth-order valence-corrected chi connectivity index (χ4v) is 11.3. The maximum Gasteiger partial charge on any atom is -0.0165 e. The van der Waals surface area contributed by atoms with Gasteiger partial charge in [0.25, 0.3) is 0 Å². The zero-order valence-electron chi connectivity index (χ0n) is 59.9. The molecule has 81 heavy (non-hydrogen) atoms. The van der Waals surface area contributed by atoms with Crippen molar-refractivity contribution in [2.45, 2.75) is 425 Å². The van der Waals surface area contributed by atoms with Gasteiger partial charge in [0.1, 0.15) is 0 Å². The highest BCUT2D eigenvalue weighted by molar-refractivity contribution is 5.19. The van der Waals surface area contributed by atoms with Crippen LogP contribution in [0.4, 0.5) is 0 Å². The summed E-state index contributed by atoms with van der Waals surface area (Å²) < 4.78 is 0. The van der Waals surface area contributed by atoms with Crippen molar-refractivity contribution in [1.29, 1.82) is 0 Å². The second kappa shape index (κ2) is 80.5. The van der Waals surface area contributed by atoms with Crippen molar-refractivity contribution >= 4 is 0 Å². The second-order valence-corrected chi connectivity index (χ2v) is 25.0. The molecule has 484 valence electrons. The molecule has 2 atom stereocenters. The number of aryl methyl sites for hydroxylation is 1. The predicted octanol–water partition coefficient (Wildman–Crippen LogP) is 30.7. The quantitative estimate of drug-likeness (QED) is 0.0604. The third-order valence-corrected chi connectivity index (χ3v) is 17.0. The van der Waals surface area contributed by atoms with Crippen LogP contribution >= 0.6 is 0 Å². The number of benzene rings is 2. The summed E-state index contributed by atoms with van der Waals surface area (Å²) in [7, 11) is 0. The van der Waals surface area contributed by atoms with Gasteiger partial charge in [-0.1, -0.05) is 461 Å². The molecule has 4 rings (SSSR count). The van der Waals surface area contributed by atoms with Gasteiger partial charge < -0.3 is 0 Å². The molecule has 0 bridgehead atoms. The van der Waals surface area contributed by atoms with Crippen LogP contribution in [-0.4, -0.2) is 0 Å². The van der Waals surface area contributed by atoms with Crippen LogP contribution in [0.2, 0.25) is 0 Å². The number of unbranched alkanes of at least 4 members (excludes halogenated alkanes) is 17. The molecule has 2 saturated carbocycles. The van der Waals surface area contributed by atoms with Crippen LogP contribution in [-0.2, 0) is 6.42 Å². The van der Waals surface area contributed by atoms with Crippen LogP contribution in [0.15, 0.2) is 60.7 Å². The van der Waals surface area contributed by atoms with Gasteiger partial charge in [-0.3, -0.25) is 0 Å². The molecular formula is C81H160. The molecule has 2 fully saturated rings. The molecule has 0 N–H and O–H groups in total. The standard InChI is InChI=1S/C13H26.C13H20.2C12H26.C9H18.C9H12.C5H12.2C4H10/c2*1-3-5-9-12(4-2)13-10-7-6-8-11-13;1-4-7-8-11-12(9-5-2)10-6-3;1-3-5-7-9-11-12-10-8-6-4-2;2*1-2-6-9-7-4-3-5-8-9;1-3-5-4-2;2*1-3-4-2/h12-13H,3-11H2,1-2H3;6-8,10-12H,3-5,9H2,1-2H3;12H,4-11H2,1-3H3;3-12H2,1-2H3;9H,2-8H2,1H3;3-5,7-8H,2,6H2,1H3;3-5H2,1-2H3;2*3-4H2,1-2H3. The van der Waals surface area contributed by atoms with Gasteiger partial charge >= 0.3 is 0 Å². The van der Waals surface area contributed by atoms with E-state index in [1.54, 1.807) is 0 Å². The average molecular weight is 1130 g/mol. The summed E-state index contributed by atoms with van der Waals surface area (Å²) >= 11 is 0. The Morgan fingerprint density at radius 3 is 1.09 bits per heavy atom. The van der Waals surface area contributed by atoms with Crippen molar-refractivity contribution in [3.63, 3.8) is 0 Å². The summed E-state index contributed by atoms with van der Waals surface area (Å²) in [5.74, 6) is 5.06. The van der Waals surface area contributed by atoms with E-state index in [-0.39, 0.29) is 0 Å². The van der Waals surface area contributed by atoms with Gasteiger partial charge in [0, 0.05) is 0 Å². The van der Waals surface area contributed by atoms with Crippen LogP contribution in [0.5, 0.6) is 0 Å². The molecule has 2 aliphatic carbocycles. The van der Waals surface area contributed by atoms with Crippen molar-refractivity contribution in [2.75, 3.05) is 0 Å². The lowest BCUT2D eigenvalue weighted by Crippen LogP contribution is -2.17. The molecule has 0 spiro atoms. The summed E-state index contributed by atoms with van der Waals surface area (Å²) in [4.78, 5) is 0. The molecule has 0 saturated heterocycles. The highest BCUT2D eigenvalue weighted by Gasteiger charge is 2.21. The van der Waals surface area contributed by atoms with E-state index in [1.807, 2.05) is 0 Å². The molecule has 0 amide bonds. The van der Waals surface area contributed by atoms with Gasteiger partial charge in [0.05, 0.1) is 0 Å².